The lowest BCUT2D eigenvalue weighted by Gasteiger charge is -2.19. The van der Waals surface area contributed by atoms with Crippen molar-refractivity contribution in [2.75, 3.05) is 20.3 Å². The minimum Gasteiger partial charge on any atom is -0.466 e. The molecule has 0 radical (unpaired) electrons. The summed E-state index contributed by atoms with van der Waals surface area (Å²) >= 11 is 0. The number of aliphatic hydroxyl groups excluding tert-OH is 1. The minimum absolute atomic E-state index is 0.144. The van der Waals surface area contributed by atoms with Crippen molar-refractivity contribution in [3.05, 3.63) is 12.3 Å². The van der Waals surface area contributed by atoms with Crippen LogP contribution in [-0.2, 0) is 9.53 Å². The van der Waals surface area contributed by atoms with Gasteiger partial charge in [-0.1, -0.05) is 0 Å². The molecule has 0 aliphatic carbocycles. The fourth-order valence-corrected chi connectivity index (χ4v) is 1.47. The predicted octanol–water partition coefficient (Wildman–Crippen LogP) is 0.130. The number of likely N-dealkylation sites (tertiary alicyclic amines) is 1. The van der Waals surface area contributed by atoms with Crippen LogP contribution in [0.3, 0.4) is 0 Å². The van der Waals surface area contributed by atoms with E-state index in [0.717, 1.165) is 19.4 Å². The summed E-state index contributed by atoms with van der Waals surface area (Å²) in [5, 5.41) is 8.97. The molecule has 1 rings (SSSR count). The van der Waals surface area contributed by atoms with E-state index in [1.807, 2.05) is 4.90 Å². The van der Waals surface area contributed by atoms with Gasteiger partial charge in [-0.25, -0.2) is 4.79 Å². The number of rotatable bonds is 3. The quantitative estimate of drug-likeness (QED) is 0.501. The molecule has 0 saturated carbocycles. The SMILES string of the molecule is COC(=O)C=CN1CCCC1CO. The maximum absolute atomic E-state index is 10.8. The number of methoxy groups -OCH3 is 1. The number of hydrogen-bond acceptors (Lipinski definition) is 4. The van der Waals surface area contributed by atoms with Crippen molar-refractivity contribution in [2.45, 2.75) is 18.9 Å². The number of carbonyl (C=O) groups excluding carboxylic acids is 1. The van der Waals surface area contributed by atoms with Crippen LogP contribution in [0.25, 0.3) is 0 Å². The second-order valence-corrected chi connectivity index (χ2v) is 3.06. The molecule has 0 aromatic heterocycles. The molecule has 1 N–H and O–H groups in total. The van der Waals surface area contributed by atoms with Crippen LogP contribution < -0.4 is 0 Å². The average Bonchev–Trinajstić information content (AvgIpc) is 2.61. The third kappa shape index (κ3) is 2.73. The largest absolute Gasteiger partial charge is 0.466 e. The van der Waals surface area contributed by atoms with E-state index in [2.05, 4.69) is 4.74 Å². The molecule has 1 saturated heterocycles. The molecule has 1 aliphatic rings. The van der Waals surface area contributed by atoms with E-state index in [4.69, 9.17) is 5.11 Å². The van der Waals surface area contributed by atoms with Gasteiger partial charge in [-0.2, -0.15) is 0 Å². The van der Waals surface area contributed by atoms with Crippen LogP contribution in [-0.4, -0.2) is 42.3 Å². The molecule has 4 heteroatoms. The first-order valence-corrected chi connectivity index (χ1v) is 4.40. The topological polar surface area (TPSA) is 49.8 Å². The highest BCUT2D eigenvalue weighted by Gasteiger charge is 2.20. The molecule has 0 bridgehead atoms. The molecule has 74 valence electrons. The second kappa shape index (κ2) is 4.87. The van der Waals surface area contributed by atoms with Crippen molar-refractivity contribution >= 4 is 5.97 Å². The molecule has 1 aliphatic heterocycles. The Labute approximate surface area is 77.8 Å². The van der Waals surface area contributed by atoms with E-state index in [9.17, 15) is 4.79 Å². The van der Waals surface area contributed by atoms with Crippen LogP contribution >= 0.6 is 0 Å². The average molecular weight is 185 g/mol. The van der Waals surface area contributed by atoms with Crippen molar-refractivity contribution in [3.63, 3.8) is 0 Å². The Bertz CT molecular complexity index is 203. The van der Waals surface area contributed by atoms with Gasteiger partial charge >= 0.3 is 5.97 Å². The molecule has 0 aromatic rings. The summed E-state index contributed by atoms with van der Waals surface area (Å²) in [6, 6.07) is 0.168. The van der Waals surface area contributed by atoms with Crippen molar-refractivity contribution < 1.29 is 14.6 Å². The lowest BCUT2D eigenvalue weighted by molar-refractivity contribution is -0.134. The lowest BCUT2D eigenvalue weighted by atomic mass is 10.2. The number of esters is 1. The highest BCUT2D eigenvalue weighted by Crippen LogP contribution is 2.16. The number of ether oxygens (including phenoxy) is 1. The summed E-state index contributed by atoms with van der Waals surface area (Å²) < 4.78 is 4.46. The van der Waals surface area contributed by atoms with E-state index in [0.29, 0.717) is 0 Å². The molecule has 0 amide bonds. The maximum atomic E-state index is 10.8. The Morgan fingerprint density at radius 3 is 3.15 bits per heavy atom. The molecular formula is C9H15NO3. The third-order valence-corrected chi connectivity index (χ3v) is 2.24. The van der Waals surface area contributed by atoms with E-state index in [1.165, 1.54) is 13.2 Å². The van der Waals surface area contributed by atoms with E-state index in [1.54, 1.807) is 6.20 Å². The molecule has 0 spiro atoms. The van der Waals surface area contributed by atoms with Crippen LogP contribution in [0.15, 0.2) is 12.3 Å². The first-order valence-electron chi connectivity index (χ1n) is 4.40. The summed E-state index contributed by atoms with van der Waals surface area (Å²) in [5.74, 6) is -0.358. The molecule has 1 fully saturated rings. The number of aliphatic hydroxyl groups is 1. The normalized spacial score (nSPS) is 22.6. The van der Waals surface area contributed by atoms with Crippen molar-refractivity contribution in [1.82, 2.24) is 4.90 Å². The summed E-state index contributed by atoms with van der Waals surface area (Å²) in [6.07, 6.45) is 5.13. The Morgan fingerprint density at radius 1 is 1.77 bits per heavy atom. The molecule has 13 heavy (non-hydrogen) atoms. The molecule has 0 aromatic carbocycles. The van der Waals surface area contributed by atoms with Crippen LogP contribution in [0, 0.1) is 0 Å². The number of nitrogens with zero attached hydrogens (tertiary/aromatic N) is 1. The van der Waals surface area contributed by atoms with E-state index in [-0.39, 0.29) is 18.6 Å². The molecular weight excluding hydrogens is 170 g/mol. The Morgan fingerprint density at radius 2 is 2.54 bits per heavy atom. The second-order valence-electron chi connectivity index (χ2n) is 3.06. The van der Waals surface area contributed by atoms with Gasteiger partial charge in [0.25, 0.3) is 0 Å². The Balaban J connectivity index is 2.43. The van der Waals surface area contributed by atoms with Crippen molar-refractivity contribution in [2.24, 2.45) is 0 Å². The highest BCUT2D eigenvalue weighted by atomic mass is 16.5. The Hall–Kier alpha value is -1.03. The smallest absolute Gasteiger partial charge is 0.331 e. The molecule has 1 unspecified atom stereocenters. The van der Waals surface area contributed by atoms with Gasteiger partial charge in [-0.3, -0.25) is 0 Å². The zero-order valence-electron chi connectivity index (χ0n) is 7.77. The van der Waals surface area contributed by atoms with Crippen LogP contribution in [0.4, 0.5) is 0 Å². The van der Waals surface area contributed by atoms with E-state index >= 15 is 0 Å². The summed E-state index contributed by atoms with van der Waals surface area (Å²) in [7, 11) is 1.35. The van der Waals surface area contributed by atoms with Gasteiger partial charge in [-0.05, 0) is 12.8 Å². The summed E-state index contributed by atoms with van der Waals surface area (Å²) in [4.78, 5) is 12.7. The maximum Gasteiger partial charge on any atom is 0.331 e. The highest BCUT2D eigenvalue weighted by molar-refractivity contribution is 5.81. The Kier molecular flexibility index (Phi) is 3.76. The van der Waals surface area contributed by atoms with Crippen molar-refractivity contribution in [3.8, 4) is 0 Å². The predicted molar refractivity (Wildman–Crippen MR) is 48.0 cm³/mol. The van der Waals surface area contributed by atoms with Gasteiger partial charge in [-0.15, -0.1) is 0 Å². The van der Waals surface area contributed by atoms with Crippen LogP contribution in [0.2, 0.25) is 0 Å². The number of hydrogen-bond donors (Lipinski definition) is 1. The first kappa shape index (κ1) is 10.1. The molecule has 1 atom stereocenters. The zero-order valence-corrected chi connectivity index (χ0v) is 7.77. The van der Waals surface area contributed by atoms with Gasteiger partial charge in [0.1, 0.15) is 0 Å². The summed E-state index contributed by atoms with van der Waals surface area (Å²) in [6.45, 7) is 1.05. The van der Waals surface area contributed by atoms with Crippen LogP contribution in [0.1, 0.15) is 12.8 Å². The zero-order chi connectivity index (χ0) is 9.68. The lowest BCUT2D eigenvalue weighted by Crippen LogP contribution is -2.27. The fraction of sp³-hybridized carbons (Fsp3) is 0.667. The minimum atomic E-state index is -0.358. The molecule has 1 heterocycles. The number of carbonyl (C=O) groups is 1. The monoisotopic (exact) mass is 185 g/mol. The summed E-state index contributed by atoms with van der Waals surface area (Å²) in [5.41, 5.74) is 0. The van der Waals surface area contributed by atoms with Crippen molar-refractivity contribution in [1.29, 1.82) is 0 Å². The molecule has 4 nitrogen and oxygen atoms in total. The van der Waals surface area contributed by atoms with Crippen LogP contribution in [0.5, 0.6) is 0 Å². The fourth-order valence-electron chi connectivity index (χ4n) is 1.47. The van der Waals surface area contributed by atoms with Gasteiger partial charge in [0, 0.05) is 18.8 Å². The van der Waals surface area contributed by atoms with Gasteiger partial charge < -0.3 is 14.7 Å². The van der Waals surface area contributed by atoms with Gasteiger partial charge in [0.15, 0.2) is 0 Å². The standard InChI is InChI=1S/C9H15NO3/c1-13-9(12)4-6-10-5-2-3-8(10)7-11/h4,6,8,11H,2-3,5,7H2,1H3. The third-order valence-electron chi connectivity index (χ3n) is 2.24. The van der Waals surface area contributed by atoms with Gasteiger partial charge in [0.05, 0.1) is 19.8 Å². The van der Waals surface area contributed by atoms with E-state index < -0.39 is 0 Å². The first-order chi connectivity index (χ1) is 6.27. The van der Waals surface area contributed by atoms with Gasteiger partial charge in [0.2, 0.25) is 0 Å².